The van der Waals surface area contributed by atoms with Crippen LogP contribution in [0.1, 0.15) is 10.4 Å². The zero-order valence-electron chi connectivity index (χ0n) is 9.36. The number of rotatable bonds is 3. The molecule has 0 fully saturated rings. The molecule has 6 heteroatoms. The predicted molar refractivity (Wildman–Crippen MR) is 75.3 cm³/mol. The molecule has 0 bridgehead atoms. The van der Waals surface area contributed by atoms with Crippen LogP contribution in [0.5, 0.6) is 11.5 Å². The van der Waals surface area contributed by atoms with E-state index in [0.717, 1.165) is 10.5 Å². The van der Waals surface area contributed by atoms with Crippen molar-refractivity contribution < 1.29 is 19.0 Å². The Hall–Kier alpha value is -1.40. The van der Waals surface area contributed by atoms with Gasteiger partial charge in [-0.3, -0.25) is 0 Å². The summed E-state index contributed by atoms with van der Waals surface area (Å²) in [7, 11) is 0. The summed E-state index contributed by atoms with van der Waals surface area (Å²) >= 11 is 6.59. The molecule has 0 unspecified atom stereocenters. The molecule has 2 aromatic rings. The number of carbonyl (C=O) groups is 1. The minimum atomic E-state index is -1.18. The molecule has 0 saturated heterocycles. The van der Waals surface area contributed by atoms with E-state index >= 15 is 0 Å². The molecule has 2 aromatic carbocycles. The maximum atomic E-state index is 13.7. The van der Waals surface area contributed by atoms with E-state index in [9.17, 15) is 9.18 Å². The maximum Gasteiger partial charge on any atom is 0.335 e. The van der Waals surface area contributed by atoms with Crippen LogP contribution in [-0.2, 0) is 0 Å². The van der Waals surface area contributed by atoms with Gasteiger partial charge < -0.3 is 9.84 Å². The average molecular weight is 390 g/mol. The number of carboxylic acid groups (broad SMARTS) is 1. The van der Waals surface area contributed by atoms with Gasteiger partial charge in [0.05, 0.1) is 10.0 Å². The summed E-state index contributed by atoms with van der Waals surface area (Å²) < 4.78 is 20.6. The van der Waals surface area contributed by atoms with Crippen molar-refractivity contribution in [2.75, 3.05) is 0 Å². The van der Waals surface area contributed by atoms with Crippen LogP contribution < -0.4 is 4.74 Å². The molecular weight excluding hydrogens is 383 g/mol. The lowest BCUT2D eigenvalue weighted by molar-refractivity contribution is 0.0696. The summed E-state index contributed by atoms with van der Waals surface area (Å²) in [6.07, 6.45) is 0. The zero-order chi connectivity index (χ0) is 14.0. The SMILES string of the molecule is O=C(O)c1ccc(Oc2ccc(Br)cc2Br)c(F)c1. The average Bonchev–Trinajstić information content (AvgIpc) is 2.34. The van der Waals surface area contributed by atoms with Crippen LogP contribution in [0.2, 0.25) is 0 Å². The van der Waals surface area contributed by atoms with Crippen LogP contribution in [0, 0.1) is 5.82 Å². The summed E-state index contributed by atoms with van der Waals surface area (Å²) in [5.74, 6) is -1.51. The number of hydrogen-bond donors (Lipinski definition) is 1. The lowest BCUT2D eigenvalue weighted by Crippen LogP contribution is -1.98. The Morgan fingerprint density at radius 2 is 1.79 bits per heavy atom. The second-order valence-electron chi connectivity index (χ2n) is 3.63. The highest BCUT2D eigenvalue weighted by Crippen LogP contribution is 2.33. The van der Waals surface area contributed by atoms with Gasteiger partial charge in [-0.1, -0.05) is 15.9 Å². The Kier molecular flexibility index (Phi) is 4.21. The van der Waals surface area contributed by atoms with Gasteiger partial charge in [0.15, 0.2) is 11.6 Å². The van der Waals surface area contributed by atoms with E-state index < -0.39 is 11.8 Å². The van der Waals surface area contributed by atoms with Crippen molar-refractivity contribution in [3.05, 3.63) is 56.7 Å². The van der Waals surface area contributed by atoms with E-state index in [1.54, 1.807) is 18.2 Å². The third-order valence-electron chi connectivity index (χ3n) is 2.29. The van der Waals surface area contributed by atoms with Gasteiger partial charge >= 0.3 is 5.97 Å². The molecular formula is C13H7Br2FO3. The first-order chi connectivity index (χ1) is 8.97. The molecule has 3 nitrogen and oxygen atoms in total. The Morgan fingerprint density at radius 1 is 1.11 bits per heavy atom. The van der Waals surface area contributed by atoms with Crippen LogP contribution in [0.15, 0.2) is 45.3 Å². The van der Waals surface area contributed by atoms with Crippen molar-refractivity contribution in [2.45, 2.75) is 0 Å². The van der Waals surface area contributed by atoms with E-state index in [1.165, 1.54) is 12.1 Å². The number of aromatic carboxylic acids is 1. The van der Waals surface area contributed by atoms with E-state index in [4.69, 9.17) is 9.84 Å². The molecule has 0 spiro atoms. The van der Waals surface area contributed by atoms with Gasteiger partial charge in [-0.05, 0) is 52.3 Å². The predicted octanol–water partition coefficient (Wildman–Crippen LogP) is 4.84. The molecule has 0 aliphatic rings. The molecule has 0 saturated carbocycles. The third kappa shape index (κ3) is 3.33. The summed E-state index contributed by atoms with van der Waals surface area (Å²) in [5, 5.41) is 8.74. The van der Waals surface area contributed by atoms with Crippen molar-refractivity contribution in [3.8, 4) is 11.5 Å². The Bertz CT molecular complexity index is 644. The topological polar surface area (TPSA) is 46.5 Å². The first-order valence-electron chi connectivity index (χ1n) is 5.13. The first-order valence-corrected chi connectivity index (χ1v) is 6.71. The highest BCUT2D eigenvalue weighted by atomic mass is 79.9. The fourth-order valence-corrected chi connectivity index (χ4v) is 2.52. The van der Waals surface area contributed by atoms with Gasteiger partial charge in [-0.25, -0.2) is 9.18 Å². The third-order valence-corrected chi connectivity index (χ3v) is 3.41. The second-order valence-corrected chi connectivity index (χ2v) is 5.40. The standard InChI is InChI=1S/C13H7Br2FO3/c14-8-2-4-11(9(15)6-8)19-12-3-1-7(13(17)18)5-10(12)16/h1-6H,(H,17,18). The van der Waals surface area contributed by atoms with Gasteiger partial charge in [0.25, 0.3) is 0 Å². The largest absolute Gasteiger partial charge is 0.478 e. The van der Waals surface area contributed by atoms with Crippen LogP contribution in [0.4, 0.5) is 4.39 Å². The molecule has 0 heterocycles. The van der Waals surface area contributed by atoms with Gasteiger partial charge in [0.1, 0.15) is 5.75 Å². The maximum absolute atomic E-state index is 13.7. The van der Waals surface area contributed by atoms with Crippen LogP contribution >= 0.6 is 31.9 Å². The van der Waals surface area contributed by atoms with Crippen LogP contribution in [-0.4, -0.2) is 11.1 Å². The van der Waals surface area contributed by atoms with Gasteiger partial charge in [-0.2, -0.15) is 0 Å². The van der Waals surface area contributed by atoms with Crippen molar-refractivity contribution in [2.24, 2.45) is 0 Å². The number of ether oxygens (including phenoxy) is 1. The normalized spacial score (nSPS) is 10.3. The number of carboxylic acids is 1. The minimum Gasteiger partial charge on any atom is -0.478 e. The highest BCUT2D eigenvalue weighted by molar-refractivity contribution is 9.11. The van der Waals surface area contributed by atoms with Gasteiger partial charge in [0.2, 0.25) is 0 Å². The minimum absolute atomic E-state index is 0.0342. The summed E-state index contributed by atoms with van der Waals surface area (Å²) in [6, 6.07) is 8.67. The Balaban J connectivity index is 2.31. The van der Waals surface area contributed by atoms with Crippen molar-refractivity contribution in [1.82, 2.24) is 0 Å². The van der Waals surface area contributed by atoms with E-state index in [2.05, 4.69) is 31.9 Å². The molecule has 0 atom stereocenters. The van der Waals surface area contributed by atoms with E-state index in [0.29, 0.717) is 10.2 Å². The lowest BCUT2D eigenvalue weighted by atomic mass is 10.2. The lowest BCUT2D eigenvalue weighted by Gasteiger charge is -2.09. The number of benzene rings is 2. The molecule has 1 N–H and O–H groups in total. The molecule has 0 amide bonds. The van der Waals surface area contributed by atoms with Crippen molar-refractivity contribution in [1.29, 1.82) is 0 Å². The van der Waals surface area contributed by atoms with Crippen molar-refractivity contribution >= 4 is 37.8 Å². The van der Waals surface area contributed by atoms with Gasteiger partial charge in [-0.15, -0.1) is 0 Å². The Labute approximate surface area is 125 Å². The number of halogens is 3. The second kappa shape index (κ2) is 5.71. The molecule has 2 rings (SSSR count). The fourth-order valence-electron chi connectivity index (χ4n) is 1.39. The molecule has 0 aliphatic carbocycles. The Morgan fingerprint density at radius 3 is 2.37 bits per heavy atom. The molecule has 0 radical (unpaired) electrons. The molecule has 0 aliphatic heterocycles. The smallest absolute Gasteiger partial charge is 0.335 e. The van der Waals surface area contributed by atoms with Gasteiger partial charge in [0, 0.05) is 4.47 Å². The fraction of sp³-hybridized carbons (Fsp3) is 0. The van der Waals surface area contributed by atoms with Crippen LogP contribution in [0.3, 0.4) is 0 Å². The molecule has 0 aromatic heterocycles. The summed E-state index contributed by atoms with van der Waals surface area (Å²) in [6.45, 7) is 0. The molecule has 19 heavy (non-hydrogen) atoms. The monoisotopic (exact) mass is 388 g/mol. The summed E-state index contributed by atoms with van der Waals surface area (Å²) in [4.78, 5) is 10.7. The van der Waals surface area contributed by atoms with E-state index in [1.807, 2.05) is 0 Å². The quantitative estimate of drug-likeness (QED) is 0.816. The van der Waals surface area contributed by atoms with E-state index in [-0.39, 0.29) is 11.3 Å². The highest BCUT2D eigenvalue weighted by Gasteiger charge is 2.11. The summed E-state index contributed by atoms with van der Waals surface area (Å²) in [5.41, 5.74) is -0.125. The number of hydrogen-bond acceptors (Lipinski definition) is 2. The van der Waals surface area contributed by atoms with Crippen molar-refractivity contribution in [3.63, 3.8) is 0 Å². The zero-order valence-corrected chi connectivity index (χ0v) is 12.5. The first kappa shape index (κ1) is 14.0. The van der Waals surface area contributed by atoms with Crippen LogP contribution in [0.25, 0.3) is 0 Å². The molecule has 98 valence electrons.